The Morgan fingerprint density at radius 1 is 1.12 bits per heavy atom. The number of nitrogens with one attached hydrogen (secondary N) is 2. The number of H-pyrrole nitrogens is 1. The molecule has 5 aromatic rings. The molecule has 0 radical (unpaired) electrons. The van der Waals surface area contributed by atoms with Gasteiger partial charge in [0.1, 0.15) is 22.7 Å². The fourth-order valence-electron chi connectivity index (χ4n) is 4.93. The molecule has 0 bridgehead atoms. The molecule has 0 saturated heterocycles. The van der Waals surface area contributed by atoms with E-state index in [-0.39, 0.29) is 17.3 Å². The van der Waals surface area contributed by atoms with Crippen LogP contribution in [0.3, 0.4) is 0 Å². The topological polar surface area (TPSA) is 155 Å². The van der Waals surface area contributed by atoms with Crippen LogP contribution in [0.25, 0.3) is 28.1 Å². The highest BCUT2D eigenvalue weighted by molar-refractivity contribution is 6.32. The molecule has 1 amide bonds. The van der Waals surface area contributed by atoms with Crippen LogP contribution in [0.2, 0.25) is 10.2 Å². The quantitative estimate of drug-likeness (QED) is 0.258. The lowest BCUT2D eigenvalue weighted by molar-refractivity contribution is 0.209. The Bertz CT molecular complexity index is 1890. The van der Waals surface area contributed by atoms with Crippen LogP contribution in [0, 0.1) is 11.3 Å². The van der Waals surface area contributed by atoms with E-state index in [1.807, 2.05) is 12.1 Å². The van der Waals surface area contributed by atoms with Gasteiger partial charge < -0.3 is 14.7 Å². The molecule has 13 heteroatoms. The predicted octanol–water partition coefficient (Wildman–Crippen LogP) is 5.29. The van der Waals surface area contributed by atoms with Crippen LogP contribution in [-0.4, -0.2) is 40.7 Å². The average Bonchev–Trinajstić information content (AvgIpc) is 3.67. The second kappa shape index (κ2) is 10.00. The zero-order valence-electron chi connectivity index (χ0n) is 20.5. The number of aryl methyl sites for hydroxylation is 1. The van der Waals surface area contributed by atoms with E-state index in [1.165, 1.54) is 10.9 Å². The van der Waals surface area contributed by atoms with E-state index in [0.29, 0.717) is 62.6 Å². The van der Waals surface area contributed by atoms with Crippen LogP contribution in [0.4, 0.5) is 10.5 Å². The molecule has 0 spiro atoms. The van der Waals surface area contributed by atoms with Gasteiger partial charge in [-0.2, -0.15) is 5.26 Å². The van der Waals surface area contributed by atoms with Crippen molar-refractivity contribution >= 4 is 35.0 Å². The summed E-state index contributed by atoms with van der Waals surface area (Å²) in [6.45, 7) is 0. The number of aromatic amines is 1. The number of nitrogens with zero attached hydrogens (tertiary/aromatic N) is 6. The summed E-state index contributed by atoms with van der Waals surface area (Å²) in [7, 11) is 0. The number of hydrogen-bond acceptors (Lipinski definition) is 6. The maximum absolute atomic E-state index is 13.5. The van der Waals surface area contributed by atoms with Crippen LogP contribution in [-0.2, 0) is 6.42 Å². The third kappa shape index (κ3) is 4.59. The van der Waals surface area contributed by atoms with Gasteiger partial charge in [-0.1, -0.05) is 40.5 Å². The summed E-state index contributed by atoms with van der Waals surface area (Å²) in [5.41, 5.74) is 4.38. The largest absolute Gasteiger partial charge is 0.465 e. The molecule has 3 N–H and O–H groups in total. The molecule has 0 unspecified atom stereocenters. The maximum atomic E-state index is 13.5. The third-order valence-electron chi connectivity index (χ3n) is 6.66. The number of carboxylic acid groups (broad SMARTS) is 1. The lowest BCUT2D eigenvalue weighted by atomic mass is 10.0. The van der Waals surface area contributed by atoms with Crippen molar-refractivity contribution in [1.82, 2.24) is 29.5 Å². The Balaban J connectivity index is 1.35. The van der Waals surface area contributed by atoms with Gasteiger partial charge in [-0.05, 0) is 54.8 Å². The Kier molecular flexibility index (Phi) is 6.34. The minimum absolute atomic E-state index is 0.169. The van der Waals surface area contributed by atoms with Crippen LogP contribution in [0.5, 0.6) is 0 Å². The summed E-state index contributed by atoms with van der Waals surface area (Å²) in [6.07, 6.45) is 1.63. The molecule has 198 valence electrons. The van der Waals surface area contributed by atoms with Gasteiger partial charge in [-0.15, -0.1) is 5.10 Å². The lowest BCUT2D eigenvalue weighted by Gasteiger charge is -2.15. The Hall–Kier alpha value is -4.92. The molecule has 0 fully saturated rings. The van der Waals surface area contributed by atoms with E-state index >= 15 is 0 Å². The van der Waals surface area contributed by atoms with Crippen molar-refractivity contribution in [2.45, 2.75) is 18.9 Å². The van der Waals surface area contributed by atoms with Crippen molar-refractivity contribution in [3.63, 3.8) is 0 Å². The molecule has 40 heavy (non-hydrogen) atoms. The first-order chi connectivity index (χ1) is 19.3. The number of nitriles is 1. The number of hydrogen-bond donors (Lipinski definition) is 3. The summed E-state index contributed by atoms with van der Waals surface area (Å²) >= 11 is 12.8. The molecule has 0 aliphatic carbocycles. The van der Waals surface area contributed by atoms with E-state index < -0.39 is 6.09 Å². The van der Waals surface area contributed by atoms with Crippen LogP contribution >= 0.6 is 23.2 Å². The Morgan fingerprint density at radius 3 is 2.65 bits per heavy atom. The van der Waals surface area contributed by atoms with Crippen LogP contribution < -0.4 is 10.9 Å². The summed E-state index contributed by atoms with van der Waals surface area (Å²) in [5.74, 6) is 0.552. The SMILES string of the molecule is N#Cc1cn(-c2ccc(Cl)cc2-c2cc3n(c(=O)c2)[C@H](c2nc(-c4ccc(NC(=O)O)cc4)c(Cl)[nH]2)CC3)nn1. The zero-order chi connectivity index (χ0) is 28.0. The van der Waals surface area contributed by atoms with Gasteiger partial charge in [0.25, 0.3) is 5.56 Å². The number of anilines is 1. The number of carbonyl (C=O) groups is 1. The number of fused-ring (bicyclic) bond motifs is 1. The first-order valence-electron chi connectivity index (χ1n) is 12.0. The number of pyridine rings is 1. The molecule has 1 atom stereocenters. The van der Waals surface area contributed by atoms with Crippen molar-refractivity contribution in [2.75, 3.05) is 5.32 Å². The molecular formula is C27H18Cl2N8O3. The molecule has 1 aliphatic heterocycles. The van der Waals surface area contributed by atoms with Crippen molar-refractivity contribution in [3.05, 3.63) is 98.5 Å². The number of halogens is 2. The molecule has 4 heterocycles. The minimum atomic E-state index is -1.15. The number of aromatic nitrogens is 6. The molecule has 1 aliphatic rings. The highest BCUT2D eigenvalue weighted by atomic mass is 35.5. The normalized spacial score (nSPS) is 14.1. The standard InChI is InChI=1S/C27H18Cl2N8O3/c28-16-3-7-21(36-13-18(12-30)34-35-36)20(11-16)15-9-19-6-8-22(37(19)23(38)10-15)26-32-24(25(29)33-26)14-1-4-17(5-2-14)31-27(39)40/h1-5,7,9-11,13,22,31H,6,8H2,(H,32,33)(H,39,40)/t22-/m0/s1. The number of rotatable bonds is 5. The molecule has 3 aromatic heterocycles. The molecule has 11 nitrogen and oxygen atoms in total. The van der Waals surface area contributed by atoms with E-state index in [1.54, 1.807) is 53.1 Å². The molecular weight excluding hydrogens is 555 g/mol. The van der Waals surface area contributed by atoms with Crippen molar-refractivity contribution < 1.29 is 9.90 Å². The van der Waals surface area contributed by atoms with Gasteiger partial charge in [0, 0.05) is 33.6 Å². The van der Waals surface area contributed by atoms with Gasteiger partial charge in [-0.25, -0.2) is 14.5 Å². The van der Waals surface area contributed by atoms with Gasteiger partial charge in [-0.3, -0.25) is 10.1 Å². The minimum Gasteiger partial charge on any atom is -0.465 e. The van der Waals surface area contributed by atoms with E-state index in [9.17, 15) is 9.59 Å². The smallest absolute Gasteiger partial charge is 0.409 e. The average molecular weight is 573 g/mol. The van der Waals surface area contributed by atoms with Crippen LogP contribution in [0.1, 0.15) is 29.7 Å². The van der Waals surface area contributed by atoms with Crippen molar-refractivity contribution in [2.24, 2.45) is 0 Å². The summed E-state index contributed by atoms with van der Waals surface area (Å²) in [6, 6.07) is 17.0. The Labute approximate surface area is 236 Å². The van der Waals surface area contributed by atoms with Crippen molar-refractivity contribution in [3.8, 4) is 34.1 Å². The summed E-state index contributed by atoms with van der Waals surface area (Å²) in [5, 5.41) is 29.0. The number of amides is 1. The van der Waals surface area contributed by atoms with Gasteiger partial charge in [0.05, 0.1) is 17.9 Å². The second-order valence-corrected chi connectivity index (χ2v) is 9.93. The fraction of sp³-hybridized carbons (Fsp3) is 0.111. The van der Waals surface area contributed by atoms with E-state index in [2.05, 4.69) is 20.6 Å². The van der Waals surface area contributed by atoms with Gasteiger partial charge >= 0.3 is 6.09 Å². The number of benzene rings is 2. The van der Waals surface area contributed by atoms with Crippen molar-refractivity contribution in [1.29, 1.82) is 5.26 Å². The molecule has 2 aromatic carbocycles. The Morgan fingerprint density at radius 2 is 1.93 bits per heavy atom. The monoisotopic (exact) mass is 572 g/mol. The second-order valence-electron chi connectivity index (χ2n) is 9.11. The highest BCUT2D eigenvalue weighted by Crippen LogP contribution is 2.36. The summed E-state index contributed by atoms with van der Waals surface area (Å²) < 4.78 is 3.18. The van der Waals surface area contributed by atoms with E-state index in [0.717, 1.165) is 5.69 Å². The maximum Gasteiger partial charge on any atom is 0.409 e. The first-order valence-corrected chi connectivity index (χ1v) is 12.8. The number of imidazole rings is 1. The van der Waals surface area contributed by atoms with Crippen LogP contribution in [0.15, 0.2) is 65.6 Å². The van der Waals surface area contributed by atoms with E-state index in [4.69, 9.17) is 38.6 Å². The fourth-order valence-corrected chi connectivity index (χ4v) is 5.35. The first kappa shape index (κ1) is 25.4. The predicted molar refractivity (Wildman–Crippen MR) is 148 cm³/mol. The van der Waals surface area contributed by atoms with Gasteiger partial charge in [0.15, 0.2) is 5.69 Å². The molecule has 0 saturated carbocycles. The summed E-state index contributed by atoms with van der Waals surface area (Å²) in [4.78, 5) is 32.2. The molecule has 6 rings (SSSR count). The lowest BCUT2D eigenvalue weighted by Crippen LogP contribution is -2.24. The third-order valence-corrected chi connectivity index (χ3v) is 7.17. The highest BCUT2D eigenvalue weighted by Gasteiger charge is 2.29. The van der Waals surface area contributed by atoms with Gasteiger partial charge in [0.2, 0.25) is 0 Å². The zero-order valence-corrected chi connectivity index (χ0v) is 22.0.